The van der Waals surface area contributed by atoms with Crippen LogP contribution < -0.4 is 5.69 Å². The van der Waals surface area contributed by atoms with Crippen LogP contribution in [0.15, 0.2) is 29.1 Å². The molecule has 0 N–H and O–H groups in total. The lowest BCUT2D eigenvalue weighted by Crippen LogP contribution is -2.41. The molecule has 0 spiro atoms. The molecule has 28 heavy (non-hydrogen) atoms. The highest BCUT2D eigenvalue weighted by molar-refractivity contribution is 5.94. The number of rotatable bonds is 3. The number of alkyl halides is 3. The maximum atomic E-state index is 12.9. The van der Waals surface area contributed by atoms with Crippen molar-refractivity contribution in [3.63, 3.8) is 0 Å². The average molecular weight is 399 g/mol. The number of carbonyl (C=O) groups is 1. The molecular weight excluding hydrogens is 383 g/mol. The van der Waals surface area contributed by atoms with Crippen molar-refractivity contribution < 1.29 is 22.9 Å². The third-order valence-electron chi connectivity index (χ3n) is 4.66. The first kappa shape index (κ1) is 19.6. The molecule has 0 radical (unpaired) electrons. The van der Waals surface area contributed by atoms with Gasteiger partial charge in [-0.3, -0.25) is 19.5 Å². The molecule has 2 aromatic rings. The summed E-state index contributed by atoms with van der Waals surface area (Å²) in [6.45, 7) is 0.382. The number of likely N-dealkylation sites (tertiary alicyclic amines) is 1. The zero-order chi connectivity index (χ0) is 20.6. The molecule has 0 saturated carbocycles. The van der Waals surface area contributed by atoms with Crippen LogP contribution >= 0.6 is 0 Å². The topological polar surface area (TPSA) is 103 Å². The van der Waals surface area contributed by atoms with E-state index in [0.29, 0.717) is 4.57 Å². The predicted octanol–water partition coefficient (Wildman–Crippen LogP) is 1.99. The number of aromatic nitrogens is 3. The van der Waals surface area contributed by atoms with Crippen LogP contribution in [0, 0.1) is 10.1 Å². The molecule has 1 saturated heterocycles. The standard InChI is InChI=1S/C16H16F3N5O4/c1-21-14(16(17,18)19)20-23(15(21)26)11-5-7-22(8-6-11)13(25)10-3-2-4-12(9-10)24(27)28/h2-4,9,11H,5-8H2,1H3. The first-order valence-corrected chi connectivity index (χ1v) is 8.36. The van der Waals surface area contributed by atoms with Crippen molar-refractivity contribution in [1.29, 1.82) is 0 Å². The smallest absolute Gasteiger partial charge is 0.338 e. The van der Waals surface area contributed by atoms with E-state index in [0.717, 1.165) is 11.7 Å². The molecule has 0 aliphatic carbocycles. The van der Waals surface area contributed by atoms with Crippen molar-refractivity contribution in [1.82, 2.24) is 19.2 Å². The van der Waals surface area contributed by atoms with Gasteiger partial charge in [-0.25, -0.2) is 9.48 Å². The Morgan fingerprint density at radius 2 is 1.93 bits per heavy atom. The van der Waals surface area contributed by atoms with Gasteiger partial charge < -0.3 is 4.90 Å². The zero-order valence-electron chi connectivity index (χ0n) is 14.7. The number of nitro groups is 1. The fourth-order valence-electron chi connectivity index (χ4n) is 3.19. The summed E-state index contributed by atoms with van der Waals surface area (Å²) in [5.41, 5.74) is -0.918. The fourth-order valence-corrected chi connectivity index (χ4v) is 3.19. The van der Waals surface area contributed by atoms with Crippen molar-refractivity contribution in [2.24, 2.45) is 7.05 Å². The number of halogens is 3. The van der Waals surface area contributed by atoms with Gasteiger partial charge in [0.2, 0.25) is 5.82 Å². The second-order valence-electron chi connectivity index (χ2n) is 6.44. The summed E-state index contributed by atoms with van der Waals surface area (Å²) >= 11 is 0. The number of carbonyl (C=O) groups excluding carboxylic acids is 1. The Bertz CT molecular complexity index is 973. The minimum absolute atomic E-state index is 0.155. The van der Waals surface area contributed by atoms with E-state index in [2.05, 4.69) is 5.10 Å². The van der Waals surface area contributed by atoms with E-state index < -0.39 is 34.6 Å². The van der Waals surface area contributed by atoms with Gasteiger partial charge in [-0.2, -0.15) is 13.2 Å². The Kier molecular flexibility index (Phi) is 4.96. The van der Waals surface area contributed by atoms with Crippen LogP contribution in [-0.2, 0) is 13.2 Å². The summed E-state index contributed by atoms with van der Waals surface area (Å²) in [6.07, 6.45) is -4.25. The minimum atomic E-state index is -4.74. The van der Waals surface area contributed by atoms with Gasteiger partial charge in [0.15, 0.2) is 0 Å². The molecule has 1 amide bonds. The third kappa shape index (κ3) is 3.62. The molecule has 1 aliphatic heterocycles. The van der Waals surface area contributed by atoms with E-state index in [9.17, 15) is 32.9 Å². The lowest BCUT2D eigenvalue weighted by molar-refractivity contribution is -0.384. The fraction of sp³-hybridized carbons (Fsp3) is 0.438. The summed E-state index contributed by atoms with van der Waals surface area (Å²) in [5.74, 6) is -1.68. The van der Waals surface area contributed by atoms with Crippen molar-refractivity contribution in [3.8, 4) is 0 Å². The largest absolute Gasteiger partial charge is 0.451 e. The Morgan fingerprint density at radius 1 is 1.29 bits per heavy atom. The number of hydrogen-bond acceptors (Lipinski definition) is 5. The number of piperidine rings is 1. The van der Waals surface area contributed by atoms with Gasteiger partial charge in [0.1, 0.15) is 0 Å². The molecule has 2 heterocycles. The van der Waals surface area contributed by atoms with Crippen molar-refractivity contribution in [2.45, 2.75) is 25.1 Å². The van der Waals surface area contributed by atoms with Crippen LogP contribution in [0.3, 0.4) is 0 Å². The molecule has 1 fully saturated rings. The molecule has 0 unspecified atom stereocenters. The summed E-state index contributed by atoms with van der Waals surface area (Å²) in [6, 6.07) is 4.75. The van der Waals surface area contributed by atoms with Gasteiger partial charge in [-0.1, -0.05) is 6.07 Å². The van der Waals surface area contributed by atoms with Crippen molar-refractivity contribution in [3.05, 3.63) is 56.3 Å². The van der Waals surface area contributed by atoms with Gasteiger partial charge in [0.25, 0.3) is 11.6 Å². The maximum Gasteiger partial charge on any atom is 0.451 e. The van der Waals surface area contributed by atoms with Gasteiger partial charge in [-0.05, 0) is 18.9 Å². The van der Waals surface area contributed by atoms with Crippen molar-refractivity contribution in [2.75, 3.05) is 13.1 Å². The Morgan fingerprint density at radius 3 is 2.46 bits per heavy atom. The van der Waals surface area contributed by atoms with Gasteiger partial charge >= 0.3 is 11.9 Å². The number of nitro benzene ring substituents is 1. The van der Waals surface area contributed by atoms with Crippen LogP contribution in [0.25, 0.3) is 0 Å². The SMILES string of the molecule is Cn1c(C(F)(F)F)nn(C2CCN(C(=O)c3cccc([N+](=O)[O-])c3)CC2)c1=O. The molecule has 1 aromatic heterocycles. The van der Waals surface area contributed by atoms with Crippen LogP contribution in [0.5, 0.6) is 0 Å². The minimum Gasteiger partial charge on any atom is -0.338 e. The predicted molar refractivity (Wildman–Crippen MR) is 89.7 cm³/mol. The number of non-ortho nitro benzene ring substituents is 1. The monoisotopic (exact) mass is 399 g/mol. The van der Waals surface area contributed by atoms with E-state index in [4.69, 9.17) is 0 Å². The summed E-state index contributed by atoms with van der Waals surface area (Å²) in [4.78, 5) is 36.3. The number of hydrogen-bond donors (Lipinski definition) is 0. The van der Waals surface area contributed by atoms with Gasteiger partial charge in [-0.15, -0.1) is 5.10 Å². The molecular formula is C16H16F3N5O4. The summed E-state index contributed by atoms with van der Waals surface area (Å²) < 4.78 is 40.0. The highest BCUT2D eigenvalue weighted by Gasteiger charge is 2.39. The molecule has 9 nitrogen and oxygen atoms in total. The van der Waals surface area contributed by atoms with Crippen LogP contribution in [-0.4, -0.2) is 43.2 Å². The highest BCUT2D eigenvalue weighted by atomic mass is 19.4. The Hall–Kier alpha value is -3.18. The molecule has 150 valence electrons. The van der Waals surface area contributed by atoms with Crippen LogP contribution in [0.1, 0.15) is 35.1 Å². The first-order chi connectivity index (χ1) is 13.1. The zero-order valence-corrected chi connectivity index (χ0v) is 14.7. The van der Waals surface area contributed by atoms with E-state index in [-0.39, 0.29) is 37.2 Å². The highest BCUT2D eigenvalue weighted by Crippen LogP contribution is 2.28. The second kappa shape index (κ2) is 7.09. The summed E-state index contributed by atoms with van der Waals surface area (Å²) in [7, 11) is 1.01. The first-order valence-electron chi connectivity index (χ1n) is 8.36. The van der Waals surface area contributed by atoms with E-state index in [1.807, 2.05) is 0 Å². The van der Waals surface area contributed by atoms with Crippen molar-refractivity contribution >= 4 is 11.6 Å². The normalized spacial score (nSPS) is 15.6. The maximum absolute atomic E-state index is 12.9. The molecule has 0 atom stereocenters. The molecule has 1 aliphatic rings. The second-order valence-corrected chi connectivity index (χ2v) is 6.44. The molecule has 1 aromatic carbocycles. The number of nitrogens with zero attached hydrogens (tertiary/aromatic N) is 5. The molecule has 0 bridgehead atoms. The van der Waals surface area contributed by atoms with Gasteiger partial charge in [0.05, 0.1) is 11.0 Å². The van der Waals surface area contributed by atoms with Crippen LogP contribution in [0.4, 0.5) is 18.9 Å². The molecule has 3 rings (SSSR count). The number of benzene rings is 1. The van der Waals surface area contributed by atoms with E-state index >= 15 is 0 Å². The van der Waals surface area contributed by atoms with E-state index in [1.165, 1.54) is 29.2 Å². The molecule has 12 heteroatoms. The number of amides is 1. The quantitative estimate of drug-likeness (QED) is 0.580. The average Bonchev–Trinajstić information content (AvgIpc) is 2.97. The lowest BCUT2D eigenvalue weighted by Gasteiger charge is -2.31. The third-order valence-corrected chi connectivity index (χ3v) is 4.66. The van der Waals surface area contributed by atoms with Gasteiger partial charge in [0, 0.05) is 37.8 Å². The summed E-state index contributed by atoms with van der Waals surface area (Å²) in [5, 5.41) is 14.3. The van der Waals surface area contributed by atoms with E-state index in [1.54, 1.807) is 0 Å². The Labute approximate surface area is 156 Å². The Balaban J connectivity index is 1.73. The van der Waals surface area contributed by atoms with Crippen LogP contribution in [0.2, 0.25) is 0 Å². The lowest BCUT2D eigenvalue weighted by atomic mass is 10.0.